The Morgan fingerprint density at radius 3 is 2.69 bits per heavy atom. The van der Waals surface area contributed by atoms with Gasteiger partial charge in [-0.05, 0) is 44.9 Å². The second-order valence-corrected chi connectivity index (χ2v) is 8.60. The highest BCUT2D eigenvalue weighted by molar-refractivity contribution is 5.99. The minimum Gasteiger partial charge on any atom is -0.487 e. The molecule has 2 aromatic heterocycles. The van der Waals surface area contributed by atoms with Crippen molar-refractivity contribution >= 4 is 11.8 Å². The summed E-state index contributed by atoms with van der Waals surface area (Å²) < 4.78 is 13.4. The lowest BCUT2D eigenvalue weighted by Gasteiger charge is -2.27. The number of nitrogens with zero attached hydrogens (tertiary/aromatic N) is 4. The largest absolute Gasteiger partial charge is 0.487 e. The number of carbonyl (C=O) groups is 2. The molecule has 0 N–H and O–H groups in total. The number of carbonyl (C=O) groups excluding carboxylic acids is 2. The average molecular weight is 441 g/mol. The van der Waals surface area contributed by atoms with Gasteiger partial charge in [-0.15, -0.1) is 0 Å². The smallest absolute Gasteiger partial charge is 0.256 e. The molecule has 172 valence electrons. The maximum absolute atomic E-state index is 13.7. The van der Waals surface area contributed by atoms with E-state index < -0.39 is 6.04 Å². The van der Waals surface area contributed by atoms with Gasteiger partial charge in [0.25, 0.3) is 5.91 Å². The highest BCUT2D eigenvalue weighted by Crippen LogP contribution is 2.28. The lowest BCUT2D eigenvalue weighted by atomic mass is 10.1. The van der Waals surface area contributed by atoms with E-state index in [-0.39, 0.29) is 17.9 Å². The molecule has 2 atom stereocenters. The zero-order valence-electron chi connectivity index (χ0n) is 19.1. The van der Waals surface area contributed by atoms with Gasteiger partial charge in [0.15, 0.2) is 0 Å². The standard InChI is InChI=1S/C24H32N4O4/c1-17-13-21(18(2)27(17)11-12-31-3)23(29)28-16-20(32-19-7-6-8-25-15-19)14-22(28)24(30)26-9-4-5-10-26/h6-8,13,15,20,22H,4-5,9-12,14,16H2,1-3H3/t20-,22-/m0/s1. The molecule has 0 bridgehead atoms. The Labute approximate surface area is 189 Å². The van der Waals surface area contributed by atoms with Gasteiger partial charge in [-0.1, -0.05) is 0 Å². The third-order valence-electron chi connectivity index (χ3n) is 6.49. The van der Waals surface area contributed by atoms with Crippen LogP contribution < -0.4 is 4.74 Å². The van der Waals surface area contributed by atoms with Crippen molar-refractivity contribution in [1.29, 1.82) is 0 Å². The fourth-order valence-electron chi connectivity index (χ4n) is 4.80. The summed E-state index contributed by atoms with van der Waals surface area (Å²) in [5.74, 6) is 0.565. The number of amides is 2. The van der Waals surface area contributed by atoms with E-state index in [9.17, 15) is 9.59 Å². The first-order valence-corrected chi connectivity index (χ1v) is 11.3. The molecule has 2 aliphatic rings. The van der Waals surface area contributed by atoms with Gasteiger partial charge in [-0.2, -0.15) is 0 Å². The van der Waals surface area contributed by atoms with Crippen LogP contribution in [0.25, 0.3) is 0 Å². The van der Waals surface area contributed by atoms with Crippen LogP contribution in [-0.2, 0) is 16.1 Å². The molecule has 4 heterocycles. The van der Waals surface area contributed by atoms with E-state index in [0.717, 1.165) is 37.3 Å². The Hall–Kier alpha value is -2.87. The van der Waals surface area contributed by atoms with E-state index in [0.29, 0.717) is 37.4 Å². The molecule has 32 heavy (non-hydrogen) atoms. The van der Waals surface area contributed by atoms with Gasteiger partial charge >= 0.3 is 0 Å². The highest BCUT2D eigenvalue weighted by atomic mass is 16.5. The van der Waals surface area contributed by atoms with Crippen molar-refractivity contribution in [2.24, 2.45) is 0 Å². The molecule has 0 radical (unpaired) electrons. The Kier molecular flexibility index (Phi) is 6.79. The second kappa shape index (κ2) is 9.73. The Bertz CT molecular complexity index is 952. The first-order chi connectivity index (χ1) is 15.5. The van der Waals surface area contributed by atoms with Gasteiger partial charge in [0.1, 0.15) is 17.9 Å². The minimum atomic E-state index is -0.510. The number of hydrogen-bond acceptors (Lipinski definition) is 5. The number of methoxy groups -OCH3 is 1. The quantitative estimate of drug-likeness (QED) is 0.661. The van der Waals surface area contributed by atoms with Crippen molar-refractivity contribution in [3.63, 3.8) is 0 Å². The van der Waals surface area contributed by atoms with E-state index in [2.05, 4.69) is 9.55 Å². The molecule has 4 rings (SSSR count). The Balaban J connectivity index is 1.58. The summed E-state index contributed by atoms with van der Waals surface area (Å²) >= 11 is 0. The number of pyridine rings is 1. The Morgan fingerprint density at radius 1 is 1.22 bits per heavy atom. The zero-order chi connectivity index (χ0) is 22.7. The van der Waals surface area contributed by atoms with Gasteiger partial charge < -0.3 is 23.8 Å². The molecular weight excluding hydrogens is 408 g/mol. The zero-order valence-corrected chi connectivity index (χ0v) is 19.1. The molecular formula is C24H32N4O4. The average Bonchev–Trinajstić information content (AvgIpc) is 3.53. The number of aromatic nitrogens is 2. The molecule has 2 amide bonds. The van der Waals surface area contributed by atoms with Crippen LogP contribution >= 0.6 is 0 Å². The van der Waals surface area contributed by atoms with E-state index in [1.807, 2.05) is 36.9 Å². The molecule has 2 fully saturated rings. The summed E-state index contributed by atoms with van der Waals surface area (Å²) in [6.07, 6.45) is 5.61. The fourth-order valence-corrected chi connectivity index (χ4v) is 4.80. The third kappa shape index (κ3) is 4.50. The minimum absolute atomic E-state index is 0.0290. The molecule has 2 saturated heterocycles. The van der Waals surface area contributed by atoms with Crippen LogP contribution in [0.15, 0.2) is 30.6 Å². The van der Waals surface area contributed by atoms with Gasteiger partial charge in [0, 0.05) is 50.7 Å². The second-order valence-electron chi connectivity index (χ2n) is 8.60. The summed E-state index contributed by atoms with van der Waals surface area (Å²) in [4.78, 5) is 34.7. The Morgan fingerprint density at radius 2 is 2.00 bits per heavy atom. The topological polar surface area (TPSA) is 76.9 Å². The first kappa shape index (κ1) is 22.3. The van der Waals surface area contributed by atoms with Crippen LogP contribution in [-0.4, -0.2) is 76.7 Å². The molecule has 0 aliphatic carbocycles. The SMILES string of the molecule is COCCn1c(C)cc(C(=O)N2C[C@@H](Oc3cccnc3)C[C@H]2C(=O)N2CCCC2)c1C. The number of hydrogen-bond donors (Lipinski definition) is 0. The van der Waals surface area contributed by atoms with Crippen molar-refractivity contribution in [3.05, 3.63) is 47.5 Å². The lowest BCUT2D eigenvalue weighted by molar-refractivity contribution is -0.134. The molecule has 8 heteroatoms. The van der Waals surface area contributed by atoms with Gasteiger partial charge in [-0.3, -0.25) is 14.6 Å². The summed E-state index contributed by atoms with van der Waals surface area (Å²) in [7, 11) is 1.67. The highest BCUT2D eigenvalue weighted by Gasteiger charge is 2.43. The number of rotatable bonds is 7. The molecule has 2 aromatic rings. The van der Waals surface area contributed by atoms with Crippen LogP contribution in [0.5, 0.6) is 5.75 Å². The summed E-state index contributed by atoms with van der Waals surface area (Å²) in [5.41, 5.74) is 2.54. The van der Waals surface area contributed by atoms with Crippen LogP contribution in [0, 0.1) is 13.8 Å². The predicted molar refractivity (Wildman–Crippen MR) is 120 cm³/mol. The molecule has 0 spiro atoms. The van der Waals surface area contributed by atoms with Crippen molar-refractivity contribution < 1.29 is 19.1 Å². The van der Waals surface area contributed by atoms with Crippen molar-refractivity contribution in [2.45, 2.75) is 51.8 Å². The maximum atomic E-state index is 13.7. The van der Waals surface area contributed by atoms with Crippen LogP contribution in [0.2, 0.25) is 0 Å². The van der Waals surface area contributed by atoms with E-state index in [1.165, 1.54) is 0 Å². The van der Waals surface area contributed by atoms with E-state index >= 15 is 0 Å². The number of ether oxygens (including phenoxy) is 2. The first-order valence-electron chi connectivity index (χ1n) is 11.3. The molecule has 2 aliphatic heterocycles. The third-order valence-corrected chi connectivity index (χ3v) is 6.49. The number of aryl methyl sites for hydroxylation is 1. The van der Waals surface area contributed by atoms with Gasteiger partial charge in [-0.25, -0.2) is 0 Å². The van der Waals surface area contributed by atoms with Crippen molar-refractivity contribution in [3.8, 4) is 5.75 Å². The summed E-state index contributed by atoms with van der Waals surface area (Å²) in [5, 5.41) is 0. The maximum Gasteiger partial charge on any atom is 0.256 e. The van der Waals surface area contributed by atoms with Crippen LogP contribution in [0.1, 0.15) is 41.0 Å². The van der Waals surface area contributed by atoms with Crippen LogP contribution in [0.4, 0.5) is 0 Å². The van der Waals surface area contributed by atoms with Gasteiger partial charge in [0.05, 0.1) is 24.9 Å². The molecule has 0 aromatic carbocycles. The molecule has 0 unspecified atom stereocenters. The van der Waals surface area contributed by atoms with Crippen molar-refractivity contribution in [2.75, 3.05) is 33.4 Å². The van der Waals surface area contributed by atoms with Crippen molar-refractivity contribution in [1.82, 2.24) is 19.4 Å². The van der Waals surface area contributed by atoms with E-state index in [4.69, 9.17) is 9.47 Å². The van der Waals surface area contributed by atoms with Crippen LogP contribution in [0.3, 0.4) is 0 Å². The van der Waals surface area contributed by atoms with Gasteiger partial charge in [0.2, 0.25) is 5.91 Å². The lowest BCUT2D eigenvalue weighted by Crippen LogP contribution is -2.47. The monoisotopic (exact) mass is 440 g/mol. The summed E-state index contributed by atoms with van der Waals surface area (Å²) in [6, 6.07) is 5.07. The molecule has 0 saturated carbocycles. The predicted octanol–water partition coefficient (Wildman–Crippen LogP) is 2.43. The normalized spacial score (nSPS) is 20.7. The molecule has 8 nitrogen and oxygen atoms in total. The number of likely N-dealkylation sites (tertiary alicyclic amines) is 2. The summed E-state index contributed by atoms with van der Waals surface area (Å²) in [6.45, 7) is 7.10. The fraction of sp³-hybridized carbons (Fsp3) is 0.542. The van der Waals surface area contributed by atoms with E-state index in [1.54, 1.807) is 24.4 Å².